The Bertz CT molecular complexity index is 1210. The van der Waals surface area contributed by atoms with E-state index in [-0.39, 0.29) is 31.3 Å². The highest BCUT2D eigenvalue weighted by Gasteiger charge is 2.30. The van der Waals surface area contributed by atoms with Gasteiger partial charge in [-0.1, -0.05) is 48.5 Å². The lowest BCUT2D eigenvalue weighted by Crippen LogP contribution is -2.46. The van der Waals surface area contributed by atoms with Crippen LogP contribution >= 0.6 is 0 Å². The molecular formula is C27H27N3O5. The van der Waals surface area contributed by atoms with Crippen LogP contribution in [0.3, 0.4) is 0 Å². The summed E-state index contributed by atoms with van der Waals surface area (Å²) in [6, 6.07) is 19.4. The average molecular weight is 474 g/mol. The number of anilines is 1. The molecule has 0 fully saturated rings. The van der Waals surface area contributed by atoms with Gasteiger partial charge in [0.1, 0.15) is 6.61 Å². The van der Waals surface area contributed by atoms with E-state index in [0.29, 0.717) is 11.4 Å². The van der Waals surface area contributed by atoms with E-state index in [1.807, 2.05) is 24.3 Å². The van der Waals surface area contributed by atoms with Crippen LogP contribution in [0.1, 0.15) is 43.0 Å². The third kappa shape index (κ3) is 5.84. The fourth-order valence-corrected chi connectivity index (χ4v) is 4.32. The molecule has 8 heteroatoms. The summed E-state index contributed by atoms with van der Waals surface area (Å²) >= 11 is 0. The number of carboxylic acids is 1. The number of benzene rings is 2. The number of rotatable bonds is 8. The van der Waals surface area contributed by atoms with Crippen LogP contribution in [0.15, 0.2) is 66.9 Å². The number of nitrogens with one attached hydrogen (secondary N) is 2. The molecule has 0 unspecified atom stereocenters. The zero-order valence-electron chi connectivity index (χ0n) is 19.6. The topological polar surface area (TPSA) is 118 Å². The molecule has 1 aliphatic rings. The first-order valence-corrected chi connectivity index (χ1v) is 11.3. The van der Waals surface area contributed by atoms with E-state index in [2.05, 4.69) is 39.9 Å². The first-order chi connectivity index (χ1) is 16.7. The lowest BCUT2D eigenvalue weighted by atomic mass is 9.98. The molecule has 180 valence electrons. The molecule has 1 heterocycles. The number of carbonyl (C=O) groups excluding carboxylic acids is 2. The standard InChI is InChI=1S/C27H27N3O5/c1-27(2,14-24(31)29-18-12-11-17(28-15-18)13-25(32)33)30-26(34)35-16-23-21-9-5-3-7-19(21)20-8-4-6-10-22(20)23/h3-12,15,23H,13-14,16H2,1-2H3,(H,29,31)(H,30,34)(H,32,33). The summed E-state index contributed by atoms with van der Waals surface area (Å²) in [6.45, 7) is 3.67. The highest BCUT2D eigenvalue weighted by molar-refractivity contribution is 5.91. The molecule has 3 aromatic rings. The number of hydrogen-bond acceptors (Lipinski definition) is 5. The Hall–Kier alpha value is -4.20. The maximum absolute atomic E-state index is 12.6. The van der Waals surface area contributed by atoms with Crippen molar-refractivity contribution in [2.24, 2.45) is 0 Å². The minimum absolute atomic E-state index is 0.00801. The molecule has 0 bridgehead atoms. The Kier molecular flexibility index (Phi) is 6.82. The number of nitrogens with zero attached hydrogens (tertiary/aromatic N) is 1. The smallest absolute Gasteiger partial charge is 0.407 e. The Balaban J connectivity index is 1.31. The van der Waals surface area contributed by atoms with Crippen LogP contribution < -0.4 is 10.6 Å². The molecule has 0 saturated heterocycles. The molecule has 8 nitrogen and oxygen atoms in total. The summed E-state index contributed by atoms with van der Waals surface area (Å²) in [5.41, 5.74) is 4.54. The Morgan fingerprint density at radius 3 is 2.17 bits per heavy atom. The maximum Gasteiger partial charge on any atom is 0.407 e. The number of amides is 2. The van der Waals surface area contributed by atoms with Crippen molar-refractivity contribution >= 4 is 23.7 Å². The van der Waals surface area contributed by atoms with Gasteiger partial charge in [0.25, 0.3) is 0 Å². The Labute approximate surface area is 203 Å². The highest BCUT2D eigenvalue weighted by Crippen LogP contribution is 2.44. The third-order valence-corrected chi connectivity index (χ3v) is 5.83. The normalized spacial score (nSPS) is 12.4. The molecule has 0 saturated carbocycles. The number of pyridine rings is 1. The van der Waals surface area contributed by atoms with Gasteiger partial charge in [-0.2, -0.15) is 0 Å². The van der Waals surface area contributed by atoms with Gasteiger partial charge in [-0.15, -0.1) is 0 Å². The molecule has 3 N–H and O–H groups in total. The summed E-state index contributed by atoms with van der Waals surface area (Å²) in [7, 11) is 0. The Morgan fingerprint density at radius 2 is 1.60 bits per heavy atom. The second kappa shape index (κ2) is 9.97. The number of carbonyl (C=O) groups is 3. The van der Waals surface area contributed by atoms with Crippen molar-refractivity contribution in [1.82, 2.24) is 10.3 Å². The Morgan fingerprint density at radius 1 is 0.971 bits per heavy atom. The number of carboxylic acid groups (broad SMARTS) is 1. The van der Waals surface area contributed by atoms with Crippen molar-refractivity contribution in [3.05, 3.63) is 83.7 Å². The monoisotopic (exact) mass is 473 g/mol. The van der Waals surface area contributed by atoms with Crippen molar-refractivity contribution in [3.63, 3.8) is 0 Å². The van der Waals surface area contributed by atoms with Gasteiger partial charge in [0.2, 0.25) is 5.91 Å². The van der Waals surface area contributed by atoms with Crippen LogP contribution in [0.4, 0.5) is 10.5 Å². The van der Waals surface area contributed by atoms with Gasteiger partial charge in [0.05, 0.1) is 24.0 Å². The minimum atomic E-state index is -0.977. The number of hydrogen-bond donors (Lipinski definition) is 3. The van der Waals surface area contributed by atoms with Gasteiger partial charge in [-0.25, -0.2) is 4.79 Å². The lowest BCUT2D eigenvalue weighted by molar-refractivity contribution is -0.136. The van der Waals surface area contributed by atoms with E-state index >= 15 is 0 Å². The predicted octanol–water partition coefficient (Wildman–Crippen LogP) is 4.35. The molecule has 0 radical (unpaired) electrons. The summed E-state index contributed by atoms with van der Waals surface area (Å²) < 4.78 is 5.58. The van der Waals surface area contributed by atoms with Crippen LogP contribution in [-0.4, -0.2) is 40.2 Å². The van der Waals surface area contributed by atoms with Crippen molar-refractivity contribution in [2.45, 2.75) is 38.1 Å². The highest BCUT2D eigenvalue weighted by atomic mass is 16.5. The SMILES string of the molecule is CC(C)(CC(=O)Nc1ccc(CC(=O)O)nc1)NC(=O)OCC1c2ccccc2-c2ccccc21. The second-order valence-electron chi connectivity index (χ2n) is 9.17. The third-order valence-electron chi connectivity index (χ3n) is 5.83. The summed E-state index contributed by atoms with van der Waals surface area (Å²) in [5.74, 6) is -1.34. The summed E-state index contributed by atoms with van der Waals surface area (Å²) in [4.78, 5) is 39.8. The van der Waals surface area contributed by atoms with E-state index in [9.17, 15) is 14.4 Å². The summed E-state index contributed by atoms with van der Waals surface area (Å²) in [6.07, 6.45) is 0.631. The fraction of sp³-hybridized carbons (Fsp3) is 0.259. The van der Waals surface area contributed by atoms with E-state index in [1.54, 1.807) is 26.0 Å². The van der Waals surface area contributed by atoms with Crippen molar-refractivity contribution in [2.75, 3.05) is 11.9 Å². The number of ether oxygens (including phenoxy) is 1. The predicted molar refractivity (Wildman–Crippen MR) is 131 cm³/mol. The number of fused-ring (bicyclic) bond motifs is 3. The number of alkyl carbamates (subject to hydrolysis) is 1. The molecule has 35 heavy (non-hydrogen) atoms. The molecule has 0 spiro atoms. The molecular weight excluding hydrogens is 446 g/mol. The molecule has 1 aromatic heterocycles. The van der Waals surface area contributed by atoms with Gasteiger partial charge in [-0.05, 0) is 48.2 Å². The van der Waals surface area contributed by atoms with Gasteiger partial charge in [-0.3, -0.25) is 14.6 Å². The van der Waals surface area contributed by atoms with Crippen molar-refractivity contribution in [1.29, 1.82) is 0 Å². The van der Waals surface area contributed by atoms with E-state index in [0.717, 1.165) is 22.3 Å². The molecule has 2 amide bonds. The molecule has 0 atom stereocenters. The van der Waals surface area contributed by atoms with Crippen LogP contribution in [-0.2, 0) is 20.7 Å². The van der Waals surface area contributed by atoms with Crippen molar-refractivity contribution in [3.8, 4) is 11.1 Å². The molecule has 2 aromatic carbocycles. The van der Waals surface area contributed by atoms with E-state index in [4.69, 9.17) is 9.84 Å². The van der Waals surface area contributed by atoms with Crippen LogP contribution in [0, 0.1) is 0 Å². The van der Waals surface area contributed by atoms with Crippen LogP contribution in [0.25, 0.3) is 11.1 Å². The van der Waals surface area contributed by atoms with Gasteiger partial charge in [0.15, 0.2) is 0 Å². The average Bonchev–Trinajstić information content (AvgIpc) is 3.12. The molecule has 4 rings (SSSR count). The van der Waals surface area contributed by atoms with Crippen LogP contribution in [0.5, 0.6) is 0 Å². The fourth-order valence-electron chi connectivity index (χ4n) is 4.32. The summed E-state index contributed by atoms with van der Waals surface area (Å²) in [5, 5.41) is 14.3. The van der Waals surface area contributed by atoms with Gasteiger partial charge < -0.3 is 20.5 Å². The lowest BCUT2D eigenvalue weighted by Gasteiger charge is -2.25. The largest absolute Gasteiger partial charge is 0.481 e. The zero-order valence-corrected chi connectivity index (χ0v) is 19.6. The van der Waals surface area contributed by atoms with Crippen LogP contribution in [0.2, 0.25) is 0 Å². The molecule has 0 aliphatic heterocycles. The number of aliphatic carboxylic acids is 1. The zero-order chi connectivity index (χ0) is 25.0. The van der Waals surface area contributed by atoms with E-state index in [1.165, 1.54) is 6.20 Å². The quantitative estimate of drug-likeness (QED) is 0.448. The maximum atomic E-state index is 12.6. The second-order valence-corrected chi connectivity index (χ2v) is 9.17. The van der Waals surface area contributed by atoms with Gasteiger partial charge >= 0.3 is 12.1 Å². The van der Waals surface area contributed by atoms with Gasteiger partial charge in [0, 0.05) is 17.9 Å². The van der Waals surface area contributed by atoms with E-state index < -0.39 is 17.6 Å². The first-order valence-electron chi connectivity index (χ1n) is 11.3. The minimum Gasteiger partial charge on any atom is -0.481 e. The first kappa shape index (κ1) is 23.9. The molecule has 1 aliphatic carbocycles. The van der Waals surface area contributed by atoms with Crippen molar-refractivity contribution < 1.29 is 24.2 Å². The number of aromatic nitrogens is 1.